The number of non-ortho nitro benzene ring substituents is 1. The fourth-order valence-corrected chi connectivity index (χ4v) is 3.40. The standard InChI is InChI=1S/C19H26N4O6.ClH/c20-10-2-1-4-15(18(25)22-11-3-5-16(22)19(26)27)21-17(24)12-13-6-8-14(9-7-13)23(28)29;/h6-9,15-16H,1-5,10-12,20H2,(H,21,24)(H,26,27);1H/t15-,16-;/m0./s1. The van der Waals surface area contributed by atoms with Crippen LogP contribution >= 0.6 is 12.4 Å². The molecule has 1 saturated heterocycles. The zero-order valence-corrected chi connectivity index (χ0v) is 17.3. The predicted octanol–water partition coefficient (Wildman–Crippen LogP) is 1.25. The number of carbonyl (C=O) groups is 3. The molecule has 166 valence electrons. The molecular weight excluding hydrogens is 416 g/mol. The monoisotopic (exact) mass is 442 g/mol. The number of aliphatic carboxylic acids is 1. The lowest BCUT2D eigenvalue weighted by Gasteiger charge is -2.27. The maximum absolute atomic E-state index is 12.9. The number of benzene rings is 1. The van der Waals surface area contributed by atoms with Crippen molar-refractivity contribution in [3.8, 4) is 0 Å². The Balaban J connectivity index is 0.00000450. The Morgan fingerprint density at radius 2 is 1.93 bits per heavy atom. The molecule has 30 heavy (non-hydrogen) atoms. The first-order valence-electron chi connectivity index (χ1n) is 9.59. The van der Waals surface area contributed by atoms with Gasteiger partial charge in [0.1, 0.15) is 12.1 Å². The molecule has 1 aliphatic heterocycles. The number of carbonyl (C=O) groups excluding carboxylic acids is 2. The first-order chi connectivity index (χ1) is 13.8. The van der Waals surface area contributed by atoms with Crippen molar-refractivity contribution in [2.75, 3.05) is 13.1 Å². The van der Waals surface area contributed by atoms with E-state index in [-0.39, 0.29) is 24.5 Å². The average Bonchev–Trinajstić information content (AvgIpc) is 3.17. The van der Waals surface area contributed by atoms with Gasteiger partial charge in [0, 0.05) is 18.7 Å². The molecule has 0 aliphatic carbocycles. The van der Waals surface area contributed by atoms with Crippen LogP contribution in [0.5, 0.6) is 0 Å². The topological polar surface area (TPSA) is 156 Å². The molecule has 0 aromatic heterocycles. The number of halogens is 1. The van der Waals surface area contributed by atoms with Crippen molar-refractivity contribution < 1.29 is 24.4 Å². The SMILES string of the molecule is Cl.NCCCC[C@H](NC(=O)Cc1ccc([N+](=O)[O-])cc1)C(=O)N1CCC[C@H]1C(=O)O. The van der Waals surface area contributed by atoms with Gasteiger partial charge in [-0.05, 0) is 44.2 Å². The highest BCUT2D eigenvalue weighted by molar-refractivity contribution is 5.91. The van der Waals surface area contributed by atoms with E-state index in [0.29, 0.717) is 50.8 Å². The smallest absolute Gasteiger partial charge is 0.326 e. The van der Waals surface area contributed by atoms with Gasteiger partial charge in [0.2, 0.25) is 11.8 Å². The van der Waals surface area contributed by atoms with Crippen LogP contribution in [0.1, 0.15) is 37.7 Å². The van der Waals surface area contributed by atoms with Gasteiger partial charge in [-0.1, -0.05) is 12.1 Å². The van der Waals surface area contributed by atoms with Crippen LogP contribution in [0.2, 0.25) is 0 Å². The van der Waals surface area contributed by atoms with Crippen molar-refractivity contribution in [2.24, 2.45) is 5.73 Å². The number of hydrogen-bond acceptors (Lipinski definition) is 6. The molecule has 2 amide bonds. The minimum absolute atomic E-state index is 0. The normalized spacial score (nSPS) is 16.4. The van der Waals surface area contributed by atoms with Crippen molar-refractivity contribution in [1.29, 1.82) is 0 Å². The number of likely N-dealkylation sites (tertiary alicyclic amines) is 1. The molecule has 0 unspecified atom stereocenters. The zero-order chi connectivity index (χ0) is 21.4. The second kappa shape index (κ2) is 12.1. The van der Waals surface area contributed by atoms with Gasteiger partial charge in [-0.3, -0.25) is 19.7 Å². The molecule has 0 radical (unpaired) electrons. The summed E-state index contributed by atoms with van der Waals surface area (Å²) in [5.74, 6) is -1.85. The lowest BCUT2D eigenvalue weighted by molar-refractivity contribution is -0.384. The minimum atomic E-state index is -1.05. The summed E-state index contributed by atoms with van der Waals surface area (Å²) in [6.07, 6.45) is 2.63. The van der Waals surface area contributed by atoms with Gasteiger partial charge < -0.3 is 21.1 Å². The Hall–Kier alpha value is -2.72. The van der Waals surface area contributed by atoms with Crippen molar-refractivity contribution in [3.63, 3.8) is 0 Å². The molecule has 2 rings (SSSR count). The van der Waals surface area contributed by atoms with Gasteiger partial charge in [0.15, 0.2) is 0 Å². The Morgan fingerprint density at radius 1 is 1.27 bits per heavy atom. The Bertz CT molecular complexity index is 758. The van der Waals surface area contributed by atoms with Crippen LogP contribution in [0.15, 0.2) is 24.3 Å². The van der Waals surface area contributed by atoms with E-state index in [2.05, 4.69) is 5.32 Å². The van der Waals surface area contributed by atoms with Crippen LogP contribution in [0.25, 0.3) is 0 Å². The third kappa shape index (κ3) is 6.96. The van der Waals surface area contributed by atoms with Crippen molar-refractivity contribution >= 4 is 35.9 Å². The molecule has 0 saturated carbocycles. The van der Waals surface area contributed by atoms with E-state index in [1.807, 2.05) is 0 Å². The van der Waals surface area contributed by atoms with E-state index >= 15 is 0 Å². The molecule has 1 aromatic carbocycles. The second-order valence-corrected chi connectivity index (χ2v) is 7.03. The maximum atomic E-state index is 12.9. The number of carboxylic acids is 1. The summed E-state index contributed by atoms with van der Waals surface area (Å²) < 4.78 is 0. The lowest BCUT2D eigenvalue weighted by Crippen LogP contribution is -2.52. The van der Waals surface area contributed by atoms with Crippen LogP contribution in [0, 0.1) is 10.1 Å². The lowest BCUT2D eigenvalue weighted by atomic mass is 10.1. The summed E-state index contributed by atoms with van der Waals surface area (Å²) in [7, 11) is 0. The summed E-state index contributed by atoms with van der Waals surface area (Å²) in [5.41, 5.74) is 6.01. The Kier molecular flexibility index (Phi) is 10.2. The molecule has 1 fully saturated rings. The average molecular weight is 443 g/mol. The summed E-state index contributed by atoms with van der Waals surface area (Å²) >= 11 is 0. The van der Waals surface area contributed by atoms with Crippen LogP contribution in [0.4, 0.5) is 5.69 Å². The highest BCUT2D eigenvalue weighted by atomic mass is 35.5. The Labute approximate surface area is 180 Å². The van der Waals surface area contributed by atoms with Crippen molar-refractivity contribution in [1.82, 2.24) is 10.2 Å². The van der Waals surface area contributed by atoms with Gasteiger partial charge in [0.05, 0.1) is 11.3 Å². The molecule has 1 aliphatic rings. The zero-order valence-electron chi connectivity index (χ0n) is 16.5. The van der Waals surface area contributed by atoms with Crippen molar-refractivity contribution in [3.05, 3.63) is 39.9 Å². The highest BCUT2D eigenvalue weighted by Gasteiger charge is 2.37. The highest BCUT2D eigenvalue weighted by Crippen LogP contribution is 2.20. The van der Waals surface area contributed by atoms with Crippen LogP contribution in [0.3, 0.4) is 0 Å². The molecule has 1 heterocycles. The Morgan fingerprint density at radius 3 is 2.50 bits per heavy atom. The summed E-state index contributed by atoms with van der Waals surface area (Å²) in [5, 5.41) is 22.7. The number of nitrogens with zero attached hydrogens (tertiary/aromatic N) is 2. The van der Waals surface area contributed by atoms with Crippen LogP contribution in [-0.4, -0.2) is 57.9 Å². The summed E-state index contributed by atoms with van der Waals surface area (Å²) in [4.78, 5) is 48.3. The largest absolute Gasteiger partial charge is 0.480 e. The number of nitrogens with one attached hydrogen (secondary N) is 1. The molecule has 0 bridgehead atoms. The molecule has 2 atom stereocenters. The number of rotatable bonds is 10. The van der Waals surface area contributed by atoms with E-state index in [4.69, 9.17) is 5.73 Å². The van der Waals surface area contributed by atoms with Gasteiger partial charge in [-0.25, -0.2) is 4.79 Å². The number of nitro benzene ring substituents is 1. The van der Waals surface area contributed by atoms with Gasteiger partial charge in [-0.2, -0.15) is 0 Å². The third-order valence-corrected chi connectivity index (χ3v) is 4.91. The summed E-state index contributed by atoms with van der Waals surface area (Å²) in [6, 6.07) is 3.91. The number of unbranched alkanes of at least 4 members (excludes halogenated alkanes) is 1. The first kappa shape index (κ1) is 25.3. The number of nitrogens with two attached hydrogens (primary N) is 1. The van der Waals surface area contributed by atoms with E-state index in [1.54, 1.807) is 0 Å². The van der Waals surface area contributed by atoms with Crippen LogP contribution in [-0.2, 0) is 20.8 Å². The molecule has 11 heteroatoms. The molecule has 1 aromatic rings. The first-order valence-corrected chi connectivity index (χ1v) is 9.59. The number of nitro groups is 1. The van der Waals surface area contributed by atoms with Gasteiger partial charge in [-0.15, -0.1) is 12.4 Å². The molecular formula is C19H27ClN4O6. The van der Waals surface area contributed by atoms with E-state index in [1.165, 1.54) is 29.2 Å². The van der Waals surface area contributed by atoms with E-state index in [0.717, 1.165) is 0 Å². The third-order valence-electron chi connectivity index (χ3n) is 4.91. The van der Waals surface area contributed by atoms with E-state index < -0.39 is 34.8 Å². The number of amides is 2. The van der Waals surface area contributed by atoms with E-state index in [9.17, 15) is 29.6 Å². The minimum Gasteiger partial charge on any atom is -0.480 e. The maximum Gasteiger partial charge on any atom is 0.326 e. The van der Waals surface area contributed by atoms with Gasteiger partial charge >= 0.3 is 5.97 Å². The quantitative estimate of drug-likeness (QED) is 0.279. The van der Waals surface area contributed by atoms with Crippen molar-refractivity contribution in [2.45, 2.75) is 50.6 Å². The molecule has 4 N–H and O–H groups in total. The molecule has 0 spiro atoms. The van der Waals surface area contributed by atoms with Gasteiger partial charge in [0.25, 0.3) is 5.69 Å². The summed E-state index contributed by atoms with van der Waals surface area (Å²) in [6.45, 7) is 0.806. The second-order valence-electron chi connectivity index (χ2n) is 7.03. The fourth-order valence-electron chi connectivity index (χ4n) is 3.40. The van der Waals surface area contributed by atoms with Crippen LogP contribution < -0.4 is 11.1 Å². The molecule has 10 nitrogen and oxygen atoms in total. The number of hydrogen-bond donors (Lipinski definition) is 3. The predicted molar refractivity (Wildman–Crippen MR) is 111 cm³/mol. The number of carboxylic acid groups (broad SMARTS) is 1. The fraction of sp³-hybridized carbons (Fsp3) is 0.526.